The van der Waals surface area contributed by atoms with Gasteiger partial charge in [-0.1, -0.05) is 12.1 Å². The molecule has 0 unspecified atom stereocenters. The molecule has 0 saturated heterocycles. The number of aromatic carboxylic acids is 1. The van der Waals surface area contributed by atoms with Crippen LogP contribution in [0.15, 0.2) is 24.3 Å². The molecule has 0 radical (unpaired) electrons. The Bertz CT molecular complexity index is 877. The molecule has 110 valence electrons. The third-order valence-electron chi connectivity index (χ3n) is 3.75. The fraction of sp³-hybridized carbons (Fsp3) is 0.143. The highest BCUT2D eigenvalue weighted by Gasteiger charge is 2.35. The van der Waals surface area contributed by atoms with Crippen molar-refractivity contribution in [2.75, 3.05) is 5.32 Å². The highest BCUT2D eigenvalue weighted by Crippen LogP contribution is 2.37. The van der Waals surface area contributed by atoms with Crippen molar-refractivity contribution in [3.05, 3.63) is 41.3 Å². The maximum atomic E-state index is 11.8. The molecule has 1 amide bonds. The van der Waals surface area contributed by atoms with Gasteiger partial charge in [-0.2, -0.15) is 5.10 Å². The first-order chi connectivity index (χ1) is 10.6. The average molecular weight is 297 g/mol. The van der Waals surface area contributed by atoms with Crippen LogP contribution in [0.2, 0.25) is 0 Å². The number of carboxylic acid groups (broad SMARTS) is 1. The standard InChI is InChI=1S/C14H11N5O3/c20-9-5-6(10-11(14(21)22)18-19-13(10)17-9)12-15-7-3-1-2-4-8(7)16-12/h1-4,6H,5H2,(H,15,16)(H,21,22)(H2,17,18,19,20)/t6-/m1/s1. The van der Waals surface area contributed by atoms with Crippen molar-refractivity contribution in [2.45, 2.75) is 12.3 Å². The van der Waals surface area contributed by atoms with E-state index in [0.717, 1.165) is 11.0 Å². The molecule has 0 fully saturated rings. The van der Waals surface area contributed by atoms with Gasteiger partial charge in [-0.05, 0) is 12.1 Å². The molecule has 8 nitrogen and oxygen atoms in total. The molecule has 0 aliphatic carbocycles. The van der Waals surface area contributed by atoms with Crippen molar-refractivity contribution >= 4 is 28.7 Å². The van der Waals surface area contributed by atoms with Crippen LogP contribution in [-0.2, 0) is 4.79 Å². The maximum Gasteiger partial charge on any atom is 0.354 e. The van der Waals surface area contributed by atoms with Gasteiger partial charge in [0.1, 0.15) is 11.5 Å². The monoisotopic (exact) mass is 297 g/mol. The topological polar surface area (TPSA) is 124 Å². The molecular formula is C14H11N5O3. The lowest BCUT2D eigenvalue weighted by atomic mass is 9.91. The summed E-state index contributed by atoms with van der Waals surface area (Å²) < 4.78 is 0. The predicted molar refractivity (Wildman–Crippen MR) is 76.7 cm³/mol. The average Bonchev–Trinajstić information content (AvgIpc) is 3.09. The molecule has 8 heteroatoms. The Hall–Kier alpha value is -3.16. The number of hydrogen-bond donors (Lipinski definition) is 4. The van der Waals surface area contributed by atoms with Crippen LogP contribution in [-0.4, -0.2) is 37.1 Å². The molecule has 4 N–H and O–H groups in total. The molecule has 1 aromatic carbocycles. The van der Waals surface area contributed by atoms with Gasteiger partial charge in [-0.3, -0.25) is 9.89 Å². The van der Waals surface area contributed by atoms with Gasteiger partial charge in [0.05, 0.1) is 17.0 Å². The summed E-state index contributed by atoms with van der Waals surface area (Å²) in [7, 11) is 0. The molecule has 3 aromatic rings. The SMILES string of the molecule is O=C1C[C@@H](c2nc3ccccc3[nH]2)c2c(n[nH]c2C(=O)O)N1. The van der Waals surface area contributed by atoms with Crippen LogP contribution in [0.5, 0.6) is 0 Å². The number of anilines is 1. The number of benzene rings is 1. The number of H-pyrrole nitrogens is 2. The zero-order chi connectivity index (χ0) is 15.3. The second kappa shape index (κ2) is 4.42. The van der Waals surface area contributed by atoms with E-state index in [9.17, 15) is 14.7 Å². The summed E-state index contributed by atoms with van der Waals surface area (Å²) in [6, 6.07) is 7.48. The van der Waals surface area contributed by atoms with E-state index in [2.05, 4.69) is 25.5 Å². The molecule has 0 bridgehead atoms. The van der Waals surface area contributed by atoms with Gasteiger partial charge < -0.3 is 15.4 Å². The molecule has 22 heavy (non-hydrogen) atoms. The number of carboxylic acids is 1. The minimum atomic E-state index is -1.12. The summed E-state index contributed by atoms with van der Waals surface area (Å²) >= 11 is 0. The molecule has 1 aliphatic rings. The summed E-state index contributed by atoms with van der Waals surface area (Å²) in [6.45, 7) is 0. The van der Waals surface area contributed by atoms with Crippen LogP contribution >= 0.6 is 0 Å². The fourth-order valence-corrected chi connectivity index (χ4v) is 2.79. The Morgan fingerprint density at radius 2 is 2.14 bits per heavy atom. The normalized spacial score (nSPS) is 17.3. The first-order valence-corrected chi connectivity index (χ1v) is 6.69. The highest BCUT2D eigenvalue weighted by atomic mass is 16.4. The molecule has 3 heterocycles. The Labute approximate surface area is 123 Å². The van der Waals surface area contributed by atoms with Crippen LogP contribution in [0.25, 0.3) is 11.0 Å². The third-order valence-corrected chi connectivity index (χ3v) is 3.75. The minimum absolute atomic E-state index is 0.0274. The number of hydrogen-bond acceptors (Lipinski definition) is 4. The molecule has 4 rings (SSSR count). The number of imidazole rings is 1. The summed E-state index contributed by atoms with van der Waals surface area (Å²) in [5.74, 6) is -1.01. The van der Waals surface area contributed by atoms with Gasteiger partial charge >= 0.3 is 5.97 Å². The Morgan fingerprint density at radius 3 is 2.91 bits per heavy atom. The fourth-order valence-electron chi connectivity index (χ4n) is 2.79. The van der Waals surface area contributed by atoms with Crippen molar-refractivity contribution < 1.29 is 14.7 Å². The first-order valence-electron chi connectivity index (χ1n) is 6.69. The smallest absolute Gasteiger partial charge is 0.354 e. The number of rotatable bonds is 2. The number of carbonyl (C=O) groups excluding carboxylic acids is 1. The zero-order valence-corrected chi connectivity index (χ0v) is 11.3. The molecule has 0 saturated carbocycles. The highest BCUT2D eigenvalue weighted by molar-refractivity contribution is 5.98. The summed E-state index contributed by atoms with van der Waals surface area (Å²) in [6.07, 6.45) is 0.118. The molecule has 2 aromatic heterocycles. The van der Waals surface area contributed by atoms with Crippen molar-refractivity contribution in [2.24, 2.45) is 0 Å². The number of aromatic amines is 2. The van der Waals surface area contributed by atoms with Gasteiger partial charge in [0, 0.05) is 12.0 Å². The van der Waals surface area contributed by atoms with Gasteiger partial charge in [0.15, 0.2) is 5.82 Å². The van der Waals surface area contributed by atoms with Crippen molar-refractivity contribution in [3.63, 3.8) is 0 Å². The minimum Gasteiger partial charge on any atom is -0.477 e. The van der Waals surface area contributed by atoms with Gasteiger partial charge in [0.2, 0.25) is 5.91 Å². The number of nitrogens with one attached hydrogen (secondary N) is 3. The number of amides is 1. The van der Waals surface area contributed by atoms with Crippen LogP contribution in [0.4, 0.5) is 5.82 Å². The lowest BCUT2D eigenvalue weighted by molar-refractivity contribution is -0.116. The molecule has 1 atom stereocenters. The first kappa shape index (κ1) is 12.6. The number of carbonyl (C=O) groups is 2. The summed E-state index contributed by atoms with van der Waals surface area (Å²) in [5, 5.41) is 18.2. The predicted octanol–water partition coefficient (Wildman–Crippen LogP) is 1.46. The lowest BCUT2D eigenvalue weighted by Crippen LogP contribution is -2.25. The Balaban J connectivity index is 1.90. The van der Waals surface area contributed by atoms with Gasteiger partial charge in [-0.25, -0.2) is 9.78 Å². The third kappa shape index (κ3) is 1.77. The van der Waals surface area contributed by atoms with Crippen LogP contribution < -0.4 is 5.32 Å². The van der Waals surface area contributed by atoms with Crippen LogP contribution in [0, 0.1) is 0 Å². The molecular weight excluding hydrogens is 286 g/mol. The molecule has 1 aliphatic heterocycles. The van der Waals surface area contributed by atoms with Crippen molar-refractivity contribution in [3.8, 4) is 0 Å². The zero-order valence-electron chi connectivity index (χ0n) is 11.3. The van der Waals surface area contributed by atoms with Crippen LogP contribution in [0.1, 0.15) is 34.2 Å². The number of nitrogens with zero attached hydrogens (tertiary/aromatic N) is 2. The lowest BCUT2D eigenvalue weighted by Gasteiger charge is -2.20. The van der Waals surface area contributed by atoms with Gasteiger partial charge in [0.25, 0.3) is 0 Å². The Morgan fingerprint density at radius 1 is 1.32 bits per heavy atom. The number of fused-ring (bicyclic) bond motifs is 2. The molecule has 0 spiro atoms. The van der Waals surface area contributed by atoms with E-state index < -0.39 is 11.9 Å². The summed E-state index contributed by atoms with van der Waals surface area (Å²) in [4.78, 5) is 30.8. The van der Waals surface area contributed by atoms with Gasteiger partial charge in [-0.15, -0.1) is 0 Å². The summed E-state index contributed by atoms with van der Waals surface area (Å²) in [5.41, 5.74) is 2.03. The Kier molecular flexibility index (Phi) is 2.52. The van der Waals surface area contributed by atoms with E-state index in [1.165, 1.54) is 0 Å². The second-order valence-electron chi connectivity index (χ2n) is 5.11. The van der Waals surface area contributed by atoms with Crippen LogP contribution in [0.3, 0.4) is 0 Å². The van der Waals surface area contributed by atoms with E-state index in [0.29, 0.717) is 11.4 Å². The number of para-hydroxylation sites is 2. The van der Waals surface area contributed by atoms with E-state index in [1.54, 1.807) is 0 Å². The maximum absolute atomic E-state index is 11.8. The second-order valence-corrected chi connectivity index (χ2v) is 5.11. The van der Waals surface area contributed by atoms with E-state index in [-0.39, 0.29) is 23.8 Å². The van der Waals surface area contributed by atoms with Crippen molar-refractivity contribution in [1.82, 2.24) is 20.2 Å². The largest absolute Gasteiger partial charge is 0.477 e. The van der Waals surface area contributed by atoms with E-state index in [1.807, 2.05) is 24.3 Å². The van der Waals surface area contributed by atoms with Crippen molar-refractivity contribution in [1.29, 1.82) is 0 Å². The van der Waals surface area contributed by atoms with E-state index >= 15 is 0 Å². The number of aromatic nitrogens is 4. The van der Waals surface area contributed by atoms with E-state index in [4.69, 9.17) is 0 Å². The quantitative estimate of drug-likeness (QED) is 0.570.